The first-order valence-electron chi connectivity index (χ1n) is 10.9. The van der Waals surface area contributed by atoms with E-state index >= 15 is 0 Å². The largest absolute Gasteiger partial charge is 0.391 e. The molecular weight excluding hydrogens is 390 g/mol. The van der Waals surface area contributed by atoms with Crippen LogP contribution in [0.5, 0.6) is 0 Å². The Morgan fingerprint density at radius 2 is 1.43 bits per heavy atom. The van der Waals surface area contributed by atoms with Gasteiger partial charge < -0.3 is 5.11 Å². The molecule has 0 radical (unpaired) electrons. The first kappa shape index (κ1) is 24.6. The van der Waals surface area contributed by atoms with Crippen LogP contribution >= 0.6 is 11.8 Å². The molecule has 0 amide bonds. The zero-order valence-corrected chi connectivity index (χ0v) is 19.9. The predicted octanol–water partition coefficient (Wildman–Crippen LogP) is 5.91. The average Bonchev–Trinajstić information content (AvgIpc) is 2.68. The summed E-state index contributed by atoms with van der Waals surface area (Å²) in [6, 6.07) is 20.6. The molecule has 4 heteroatoms. The third kappa shape index (κ3) is 8.25. The third-order valence-electron chi connectivity index (χ3n) is 5.30. The van der Waals surface area contributed by atoms with Gasteiger partial charge in [0, 0.05) is 30.3 Å². The van der Waals surface area contributed by atoms with Crippen LogP contribution < -0.4 is 0 Å². The maximum atomic E-state index is 12.6. The molecule has 3 atom stereocenters. The second-order valence-corrected chi connectivity index (χ2v) is 11.0. The molecule has 0 heterocycles. The Balaban J connectivity index is 2.28. The Labute approximate surface area is 186 Å². The fraction of sp³-hybridized carbons (Fsp3) is 0.500. The molecule has 30 heavy (non-hydrogen) atoms. The summed E-state index contributed by atoms with van der Waals surface area (Å²) >= 11 is 1.32. The van der Waals surface area contributed by atoms with Crippen molar-refractivity contribution in [3.05, 3.63) is 71.8 Å². The standard InChI is InChI=1S/C26H37NO2S/c1-6-20(2)25(23(28)17-24(29)30-26(3,4)5)27(18-21-13-9-7-10-14-21)19-22-15-11-8-12-16-22/h7-16,20,23,25,28H,6,17-19H2,1-5H3/t20-,23-,25-/m0/s1. The number of hydrogen-bond acceptors (Lipinski definition) is 4. The lowest BCUT2D eigenvalue weighted by molar-refractivity contribution is -0.114. The van der Waals surface area contributed by atoms with Crippen LogP contribution in [-0.4, -0.2) is 32.0 Å². The van der Waals surface area contributed by atoms with Gasteiger partial charge in [-0.2, -0.15) is 0 Å². The van der Waals surface area contributed by atoms with Crippen LogP contribution in [0.3, 0.4) is 0 Å². The molecule has 0 aromatic heterocycles. The fourth-order valence-corrected chi connectivity index (χ4v) is 4.74. The van der Waals surface area contributed by atoms with E-state index in [1.807, 2.05) is 57.2 Å². The van der Waals surface area contributed by atoms with Gasteiger partial charge in [-0.3, -0.25) is 9.69 Å². The van der Waals surface area contributed by atoms with Gasteiger partial charge in [0.15, 0.2) is 5.12 Å². The number of carbonyl (C=O) groups excluding carboxylic acids is 1. The zero-order chi connectivity index (χ0) is 22.1. The van der Waals surface area contributed by atoms with Gasteiger partial charge in [-0.05, 0) is 17.0 Å². The summed E-state index contributed by atoms with van der Waals surface area (Å²) in [6.45, 7) is 11.9. The molecule has 2 aromatic rings. The highest BCUT2D eigenvalue weighted by Crippen LogP contribution is 2.29. The summed E-state index contributed by atoms with van der Waals surface area (Å²) in [5, 5.41) is 11.3. The summed E-state index contributed by atoms with van der Waals surface area (Å²) in [6.07, 6.45) is 0.425. The van der Waals surface area contributed by atoms with E-state index in [1.165, 1.54) is 22.9 Å². The lowest BCUT2D eigenvalue weighted by Crippen LogP contribution is -2.47. The number of aliphatic hydroxyl groups is 1. The minimum Gasteiger partial charge on any atom is -0.391 e. The first-order valence-corrected chi connectivity index (χ1v) is 11.7. The van der Waals surface area contributed by atoms with Crippen molar-refractivity contribution in [2.24, 2.45) is 5.92 Å². The number of carbonyl (C=O) groups is 1. The van der Waals surface area contributed by atoms with Gasteiger partial charge >= 0.3 is 0 Å². The molecule has 0 aliphatic carbocycles. The third-order valence-corrected chi connectivity index (χ3v) is 6.30. The molecular formula is C26H37NO2S. The number of benzene rings is 2. The highest BCUT2D eigenvalue weighted by molar-refractivity contribution is 8.14. The normalized spacial score (nSPS) is 15.0. The number of hydrogen-bond donors (Lipinski definition) is 1. The molecule has 2 aromatic carbocycles. The monoisotopic (exact) mass is 427 g/mol. The van der Waals surface area contributed by atoms with Gasteiger partial charge in [0.1, 0.15) is 0 Å². The Morgan fingerprint density at radius 3 is 1.83 bits per heavy atom. The number of nitrogens with zero attached hydrogens (tertiary/aromatic N) is 1. The average molecular weight is 428 g/mol. The van der Waals surface area contributed by atoms with Crippen molar-refractivity contribution < 1.29 is 9.90 Å². The Hall–Kier alpha value is -1.62. The molecule has 0 spiro atoms. The Bertz CT molecular complexity index is 716. The van der Waals surface area contributed by atoms with Crippen molar-refractivity contribution in [1.82, 2.24) is 4.90 Å². The summed E-state index contributed by atoms with van der Waals surface area (Å²) in [7, 11) is 0. The molecule has 1 N–H and O–H groups in total. The van der Waals surface area contributed by atoms with E-state index in [1.54, 1.807) is 0 Å². The highest BCUT2D eigenvalue weighted by Gasteiger charge is 2.32. The summed E-state index contributed by atoms with van der Waals surface area (Å²) < 4.78 is -0.142. The van der Waals surface area contributed by atoms with Gasteiger partial charge in [-0.1, -0.05) is 113 Å². The van der Waals surface area contributed by atoms with Crippen LogP contribution in [0.15, 0.2) is 60.7 Å². The minimum absolute atomic E-state index is 0.0580. The van der Waals surface area contributed by atoms with Crippen LogP contribution in [-0.2, 0) is 17.9 Å². The molecule has 0 bridgehead atoms. The smallest absolute Gasteiger partial charge is 0.192 e. The minimum atomic E-state index is -0.699. The Morgan fingerprint density at radius 1 is 0.967 bits per heavy atom. The maximum Gasteiger partial charge on any atom is 0.192 e. The molecule has 0 aliphatic rings. The molecule has 0 saturated carbocycles. The summed E-state index contributed by atoms with van der Waals surface area (Å²) in [5.41, 5.74) is 2.42. The van der Waals surface area contributed by atoms with Crippen molar-refractivity contribution in [3.8, 4) is 0 Å². The molecule has 0 unspecified atom stereocenters. The summed E-state index contributed by atoms with van der Waals surface area (Å²) in [5.74, 6) is 0.264. The van der Waals surface area contributed by atoms with E-state index in [0.29, 0.717) is 0 Å². The van der Waals surface area contributed by atoms with Crippen LogP contribution in [0.4, 0.5) is 0 Å². The van der Waals surface area contributed by atoms with Crippen molar-refractivity contribution >= 4 is 16.9 Å². The topological polar surface area (TPSA) is 40.5 Å². The molecule has 0 saturated heterocycles. The Kier molecular flexibility index (Phi) is 9.60. The van der Waals surface area contributed by atoms with Gasteiger partial charge in [0.2, 0.25) is 0 Å². The second-order valence-electron chi connectivity index (χ2n) is 9.11. The van der Waals surface area contributed by atoms with Crippen LogP contribution in [0.25, 0.3) is 0 Å². The van der Waals surface area contributed by atoms with E-state index in [-0.39, 0.29) is 28.2 Å². The second kappa shape index (κ2) is 11.7. The van der Waals surface area contributed by atoms with E-state index in [9.17, 15) is 9.90 Å². The van der Waals surface area contributed by atoms with Crippen LogP contribution in [0.1, 0.15) is 58.6 Å². The molecule has 164 valence electrons. The van der Waals surface area contributed by atoms with Crippen molar-refractivity contribution in [2.75, 3.05) is 0 Å². The SMILES string of the molecule is CC[C@H](C)[C@@H]([C@@H](O)CC(=O)SC(C)(C)C)N(Cc1ccccc1)Cc1ccccc1. The fourth-order valence-electron chi connectivity index (χ4n) is 3.80. The number of rotatable bonds is 10. The number of thioether (sulfide) groups is 1. The van der Waals surface area contributed by atoms with Gasteiger partial charge in [-0.25, -0.2) is 0 Å². The van der Waals surface area contributed by atoms with Crippen LogP contribution in [0, 0.1) is 5.92 Å². The lowest BCUT2D eigenvalue weighted by atomic mass is 9.90. The van der Waals surface area contributed by atoms with Crippen molar-refractivity contribution in [2.45, 2.75) is 77.4 Å². The quantitative estimate of drug-likeness (QED) is 0.511. The maximum absolute atomic E-state index is 12.6. The van der Waals surface area contributed by atoms with Crippen LogP contribution in [0.2, 0.25) is 0 Å². The van der Waals surface area contributed by atoms with E-state index in [0.717, 1.165) is 19.5 Å². The van der Waals surface area contributed by atoms with Gasteiger partial charge in [0.05, 0.1) is 6.10 Å². The predicted molar refractivity (Wildman–Crippen MR) is 128 cm³/mol. The molecule has 0 fully saturated rings. The lowest BCUT2D eigenvalue weighted by Gasteiger charge is -2.39. The van der Waals surface area contributed by atoms with E-state index < -0.39 is 6.10 Å². The van der Waals surface area contributed by atoms with Crippen molar-refractivity contribution in [3.63, 3.8) is 0 Å². The van der Waals surface area contributed by atoms with E-state index in [4.69, 9.17) is 0 Å². The van der Waals surface area contributed by atoms with E-state index in [2.05, 4.69) is 43.0 Å². The first-order chi connectivity index (χ1) is 14.2. The van der Waals surface area contributed by atoms with Gasteiger partial charge in [0.25, 0.3) is 0 Å². The van der Waals surface area contributed by atoms with Gasteiger partial charge in [-0.15, -0.1) is 0 Å². The van der Waals surface area contributed by atoms with Crippen molar-refractivity contribution in [1.29, 1.82) is 0 Å². The molecule has 2 rings (SSSR count). The summed E-state index contributed by atoms with van der Waals surface area (Å²) in [4.78, 5) is 15.0. The molecule has 0 aliphatic heterocycles. The highest BCUT2D eigenvalue weighted by atomic mass is 32.2. The number of aliphatic hydroxyl groups excluding tert-OH is 1. The molecule has 3 nitrogen and oxygen atoms in total. The zero-order valence-electron chi connectivity index (χ0n) is 19.0.